The molecule has 0 amide bonds. The molecular formula is C14H13BrN2O3. The van der Waals surface area contributed by atoms with Gasteiger partial charge in [-0.05, 0) is 36.9 Å². The average molecular weight is 337 g/mol. The number of hydrogen-bond acceptors (Lipinski definition) is 4. The van der Waals surface area contributed by atoms with E-state index in [0.29, 0.717) is 16.8 Å². The topological polar surface area (TPSA) is 64.4 Å². The summed E-state index contributed by atoms with van der Waals surface area (Å²) in [4.78, 5) is 10.6. The summed E-state index contributed by atoms with van der Waals surface area (Å²) < 4.78 is 6.26. The van der Waals surface area contributed by atoms with E-state index in [1.54, 1.807) is 18.2 Å². The molecule has 0 atom stereocenters. The quantitative estimate of drug-likeness (QED) is 0.664. The third-order valence-corrected chi connectivity index (χ3v) is 3.12. The van der Waals surface area contributed by atoms with Crippen LogP contribution in [0.25, 0.3) is 0 Å². The SMILES string of the molecule is CNCc1cccc(Oc2ccc(Br)cc2[N+](=O)[O-])c1. The minimum absolute atomic E-state index is 0.0709. The third-order valence-electron chi connectivity index (χ3n) is 2.62. The van der Waals surface area contributed by atoms with Gasteiger partial charge in [-0.1, -0.05) is 28.1 Å². The molecule has 0 unspecified atom stereocenters. The fourth-order valence-corrected chi connectivity index (χ4v) is 2.12. The van der Waals surface area contributed by atoms with Crippen molar-refractivity contribution in [2.75, 3.05) is 7.05 Å². The standard InChI is InChI=1S/C14H13BrN2O3/c1-16-9-10-3-2-4-12(7-10)20-14-6-5-11(15)8-13(14)17(18)19/h2-8,16H,9H2,1H3. The van der Waals surface area contributed by atoms with Crippen molar-refractivity contribution < 1.29 is 9.66 Å². The molecule has 2 aromatic carbocycles. The van der Waals surface area contributed by atoms with Crippen LogP contribution in [0.2, 0.25) is 0 Å². The Morgan fingerprint density at radius 3 is 2.80 bits per heavy atom. The molecule has 0 saturated carbocycles. The minimum Gasteiger partial charge on any atom is -0.450 e. The zero-order valence-corrected chi connectivity index (χ0v) is 12.4. The molecular weight excluding hydrogens is 324 g/mol. The summed E-state index contributed by atoms with van der Waals surface area (Å²) in [6, 6.07) is 12.1. The van der Waals surface area contributed by atoms with Gasteiger partial charge in [0.1, 0.15) is 5.75 Å². The number of nitro benzene ring substituents is 1. The third kappa shape index (κ3) is 3.55. The van der Waals surface area contributed by atoms with Gasteiger partial charge in [-0.15, -0.1) is 0 Å². The van der Waals surface area contributed by atoms with Crippen LogP contribution in [-0.2, 0) is 6.54 Å². The average Bonchev–Trinajstić information content (AvgIpc) is 2.41. The first kappa shape index (κ1) is 14.5. The van der Waals surface area contributed by atoms with Gasteiger partial charge < -0.3 is 10.1 Å². The van der Waals surface area contributed by atoms with Gasteiger partial charge in [0.25, 0.3) is 0 Å². The first-order valence-corrected chi connectivity index (χ1v) is 6.75. The number of benzene rings is 2. The number of ether oxygens (including phenoxy) is 1. The minimum atomic E-state index is -0.461. The Balaban J connectivity index is 2.30. The lowest BCUT2D eigenvalue weighted by molar-refractivity contribution is -0.385. The molecule has 2 aromatic rings. The second-order valence-corrected chi connectivity index (χ2v) is 5.06. The zero-order chi connectivity index (χ0) is 14.5. The Hall–Kier alpha value is -1.92. The van der Waals surface area contributed by atoms with Crippen molar-refractivity contribution in [2.24, 2.45) is 0 Å². The maximum atomic E-state index is 11.0. The van der Waals surface area contributed by atoms with Gasteiger partial charge in [0.05, 0.1) is 4.92 Å². The van der Waals surface area contributed by atoms with E-state index >= 15 is 0 Å². The van der Waals surface area contributed by atoms with E-state index < -0.39 is 4.92 Å². The number of nitrogens with one attached hydrogen (secondary N) is 1. The Labute approximate surface area is 124 Å². The molecule has 5 nitrogen and oxygen atoms in total. The summed E-state index contributed by atoms with van der Waals surface area (Å²) in [5, 5.41) is 14.1. The molecule has 0 aliphatic rings. The summed E-state index contributed by atoms with van der Waals surface area (Å²) in [6.45, 7) is 0.708. The number of rotatable bonds is 5. The molecule has 1 N–H and O–H groups in total. The molecule has 0 fully saturated rings. The highest BCUT2D eigenvalue weighted by Crippen LogP contribution is 2.33. The smallest absolute Gasteiger partial charge is 0.312 e. The van der Waals surface area contributed by atoms with E-state index in [2.05, 4.69) is 21.2 Å². The second-order valence-electron chi connectivity index (χ2n) is 4.15. The summed E-state index contributed by atoms with van der Waals surface area (Å²) in [7, 11) is 1.85. The van der Waals surface area contributed by atoms with Gasteiger partial charge in [0.2, 0.25) is 5.75 Å². The van der Waals surface area contributed by atoms with E-state index in [1.807, 2.05) is 25.2 Å². The fourth-order valence-electron chi connectivity index (χ4n) is 1.77. The number of nitrogens with zero attached hydrogens (tertiary/aromatic N) is 1. The second kappa shape index (κ2) is 6.49. The van der Waals surface area contributed by atoms with Crippen molar-refractivity contribution >= 4 is 21.6 Å². The van der Waals surface area contributed by atoms with E-state index in [4.69, 9.17) is 4.74 Å². The van der Waals surface area contributed by atoms with Crippen LogP contribution in [0.5, 0.6) is 11.5 Å². The lowest BCUT2D eigenvalue weighted by atomic mass is 10.2. The van der Waals surface area contributed by atoms with Crippen molar-refractivity contribution in [2.45, 2.75) is 6.54 Å². The first-order valence-electron chi connectivity index (χ1n) is 5.95. The van der Waals surface area contributed by atoms with E-state index in [0.717, 1.165) is 5.56 Å². The van der Waals surface area contributed by atoms with Crippen LogP contribution in [0.3, 0.4) is 0 Å². The van der Waals surface area contributed by atoms with Crippen molar-refractivity contribution in [1.82, 2.24) is 5.32 Å². The van der Waals surface area contributed by atoms with Crippen LogP contribution in [0.4, 0.5) is 5.69 Å². The molecule has 0 aliphatic heterocycles. The van der Waals surface area contributed by atoms with Gasteiger partial charge in [0.15, 0.2) is 0 Å². The van der Waals surface area contributed by atoms with Crippen molar-refractivity contribution in [3.05, 3.63) is 62.6 Å². The predicted molar refractivity (Wildman–Crippen MR) is 80.1 cm³/mol. The zero-order valence-electron chi connectivity index (χ0n) is 10.8. The summed E-state index contributed by atoms with van der Waals surface area (Å²) in [6.07, 6.45) is 0. The molecule has 0 heterocycles. The summed E-state index contributed by atoms with van der Waals surface area (Å²) >= 11 is 3.21. The molecule has 2 rings (SSSR count). The van der Waals surface area contributed by atoms with E-state index in [-0.39, 0.29) is 11.4 Å². The molecule has 6 heteroatoms. The Bertz CT molecular complexity index is 632. The van der Waals surface area contributed by atoms with Crippen molar-refractivity contribution in [1.29, 1.82) is 0 Å². The van der Waals surface area contributed by atoms with E-state index in [9.17, 15) is 10.1 Å². The molecule has 20 heavy (non-hydrogen) atoms. The molecule has 0 aliphatic carbocycles. The van der Waals surface area contributed by atoms with Gasteiger partial charge >= 0.3 is 5.69 Å². The molecule has 0 saturated heterocycles. The van der Waals surface area contributed by atoms with Crippen LogP contribution < -0.4 is 10.1 Å². The highest BCUT2D eigenvalue weighted by molar-refractivity contribution is 9.10. The largest absolute Gasteiger partial charge is 0.450 e. The van der Waals surface area contributed by atoms with Crippen molar-refractivity contribution in [3.8, 4) is 11.5 Å². The van der Waals surface area contributed by atoms with Crippen LogP contribution in [0.15, 0.2) is 46.9 Å². The molecule has 0 spiro atoms. The molecule has 0 aromatic heterocycles. The Morgan fingerprint density at radius 2 is 2.10 bits per heavy atom. The number of halogens is 1. The first-order chi connectivity index (χ1) is 9.60. The number of nitro groups is 1. The summed E-state index contributed by atoms with van der Waals surface area (Å²) in [5.41, 5.74) is 0.975. The van der Waals surface area contributed by atoms with Crippen LogP contribution >= 0.6 is 15.9 Å². The Kier molecular flexibility index (Phi) is 4.70. The van der Waals surface area contributed by atoms with Crippen LogP contribution in [0, 0.1) is 10.1 Å². The van der Waals surface area contributed by atoms with Gasteiger partial charge in [-0.25, -0.2) is 0 Å². The van der Waals surface area contributed by atoms with Crippen molar-refractivity contribution in [3.63, 3.8) is 0 Å². The van der Waals surface area contributed by atoms with Gasteiger partial charge in [-0.3, -0.25) is 10.1 Å². The molecule has 104 valence electrons. The molecule has 0 bridgehead atoms. The van der Waals surface area contributed by atoms with Crippen LogP contribution in [0.1, 0.15) is 5.56 Å². The maximum Gasteiger partial charge on any atom is 0.312 e. The summed E-state index contributed by atoms with van der Waals surface area (Å²) in [5.74, 6) is 0.794. The normalized spacial score (nSPS) is 10.3. The lowest BCUT2D eigenvalue weighted by Gasteiger charge is -2.08. The fraction of sp³-hybridized carbons (Fsp3) is 0.143. The highest BCUT2D eigenvalue weighted by atomic mass is 79.9. The van der Waals surface area contributed by atoms with Gasteiger partial charge in [0, 0.05) is 17.1 Å². The number of hydrogen-bond donors (Lipinski definition) is 1. The lowest BCUT2D eigenvalue weighted by Crippen LogP contribution is -2.04. The van der Waals surface area contributed by atoms with Crippen LogP contribution in [-0.4, -0.2) is 12.0 Å². The maximum absolute atomic E-state index is 11.0. The Morgan fingerprint density at radius 1 is 1.30 bits per heavy atom. The predicted octanol–water partition coefficient (Wildman–Crippen LogP) is 3.87. The monoisotopic (exact) mass is 336 g/mol. The highest BCUT2D eigenvalue weighted by Gasteiger charge is 2.16. The van der Waals surface area contributed by atoms with Gasteiger partial charge in [-0.2, -0.15) is 0 Å². The molecule has 0 radical (unpaired) electrons. The van der Waals surface area contributed by atoms with E-state index in [1.165, 1.54) is 6.07 Å².